The minimum Gasteiger partial charge on any atom is -0.307 e. The molecule has 4 unspecified atom stereocenters. The molecule has 0 bridgehead atoms. The molecule has 0 spiro atoms. The second-order valence-corrected chi connectivity index (χ2v) is 8.35. The van der Waals surface area contributed by atoms with Crippen molar-refractivity contribution in [2.24, 2.45) is 11.8 Å². The Bertz CT molecular complexity index is 486. The van der Waals surface area contributed by atoms with Crippen molar-refractivity contribution >= 4 is 11.8 Å². The fraction of sp³-hybridized carbons (Fsp3) is 0.684. The molecule has 1 heterocycles. The molecule has 1 aliphatic heterocycles. The van der Waals surface area contributed by atoms with Crippen molar-refractivity contribution in [2.75, 3.05) is 5.75 Å². The topological polar surface area (TPSA) is 12.0 Å². The predicted molar refractivity (Wildman–Crippen MR) is 90.7 cm³/mol. The maximum Gasteiger partial charge on any atom is 0.0341 e. The molecule has 1 N–H and O–H groups in total. The van der Waals surface area contributed by atoms with Gasteiger partial charge in [-0.15, -0.1) is 11.8 Å². The second kappa shape index (κ2) is 6.34. The van der Waals surface area contributed by atoms with Crippen molar-refractivity contribution in [3.05, 3.63) is 29.8 Å². The van der Waals surface area contributed by atoms with Gasteiger partial charge in [0, 0.05) is 17.0 Å². The van der Waals surface area contributed by atoms with E-state index in [0.717, 1.165) is 17.9 Å². The quantitative estimate of drug-likeness (QED) is 0.808. The molecule has 0 amide bonds. The van der Waals surface area contributed by atoms with E-state index in [1.807, 2.05) is 11.8 Å². The standard InChI is InChI=1S/C19H27NS/c1-2-6-15-13-16(10-9-14(15)5-1)20-18-11-12-21-19-8-4-3-7-17(18)19/h3-4,7-8,14-16,18,20H,1-2,5-6,9-13H2. The van der Waals surface area contributed by atoms with Crippen LogP contribution in [0.15, 0.2) is 29.2 Å². The number of rotatable bonds is 2. The number of hydrogen-bond donors (Lipinski definition) is 1. The zero-order chi connectivity index (χ0) is 14.1. The summed E-state index contributed by atoms with van der Waals surface area (Å²) in [6, 6.07) is 10.4. The Morgan fingerprint density at radius 1 is 0.905 bits per heavy atom. The molecule has 0 radical (unpaired) electrons. The van der Waals surface area contributed by atoms with Crippen LogP contribution in [0.5, 0.6) is 0 Å². The highest BCUT2D eigenvalue weighted by Crippen LogP contribution is 2.42. The molecule has 114 valence electrons. The van der Waals surface area contributed by atoms with Crippen molar-refractivity contribution in [2.45, 2.75) is 68.3 Å². The monoisotopic (exact) mass is 301 g/mol. The lowest BCUT2D eigenvalue weighted by Crippen LogP contribution is -2.41. The molecule has 1 aromatic carbocycles. The summed E-state index contributed by atoms with van der Waals surface area (Å²) in [7, 11) is 0. The van der Waals surface area contributed by atoms with Crippen molar-refractivity contribution in [1.29, 1.82) is 0 Å². The fourth-order valence-electron chi connectivity index (χ4n) is 4.82. The first-order chi connectivity index (χ1) is 10.4. The van der Waals surface area contributed by atoms with Gasteiger partial charge in [-0.25, -0.2) is 0 Å². The van der Waals surface area contributed by atoms with E-state index in [1.165, 1.54) is 62.0 Å². The van der Waals surface area contributed by atoms with Gasteiger partial charge in [0.2, 0.25) is 0 Å². The van der Waals surface area contributed by atoms with Crippen molar-refractivity contribution in [3.63, 3.8) is 0 Å². The summed E-state index contributed by atoms with van der Waals surface area (Å²) in [5.41, 5.74) is 1.56. The van der Waals surface area contributed by atoms with E-state index in [0.29, 0.717) is 6.04 Å². The molecule has 4 atom stereocenters. The van der Waals surface area contributed by atoms with Gasteiger partial charge in [-0.1, -0.05) is 43.9 Å². The van der Waals surface area contributed by atoms with Gasteiger partial charge in [-0.3, -0.25) is 0 Å². The minimum absolute atomic E-state index is 0.604. The van der Waals surface area contributed by atoms with Crippen molar-refractivity contribution in [3.8, 4) is 0 Å². The molecule has 2 saturated carbocycles. The maximum absolute atomic E-state index is 4.03. The average Bonchev–Trinajstić information content (AvgIpc) is 2.55. The van der Waals surface area contributed by atoms with Gasteiger partial charge in [0.15, 0.2) is 0 Å². The number of fused-ring (bicyclic) bond motifs is 2. The Hall–Kier alpha value is -0.470. The van der Waals surface area contributed by atoms with Gasteiger partial charge < -0.3 is 5.32 Å². The van der Waals surface area contributed by atoms with Crippen LogP contribution in [0, 0.1) is 11.8 Å². The summed E-state index contributed by atoms with van der Waals surface area (Å²) in [6.07, 6.45) is 11.6. The number of benzene rings is 1. The second-order valence-electron chi connectivity index (χ2n) is 7.21. The normalized spacial score (nSPS) is 35.8. The van der Waals surface area contributed by atoms with E-state index >= 15 is 0 Å². The number of thioether (sulfide) groups is 1. The average molecular weight is 301 g/mol. The Morgan fingerprint density at radius 3 is 2.71 bits per heavy atom. The smallest absolute Gasteiger partial charge is 0.0341 e. The first-order valence-corrected chi connectivity index (χ1v) is 9.86. The summed E-state index contributed by atoms with van der Waals surface area (Å²) >= 11 is 2.03. The van der Waals surface area contributed by atoms with Crippen LogP contribution in [0.4, 0.5) is 0 Å². The molecular formula is C19H27NS. The van der Waals surface area contributed by atoms with Gasteiger partial charge in [-0.05, 0) is 54.9 Å². The first kappa shape index (κ1) is 14.1. The zero-order valence-corrected chi connectivity index (χ0v) is 13.7. The molecule has 1 nitrogen and oxygen atoms in total. The number of nitrogens with one attached hydrogen (secondary N) is 1. The van der Waals surface area contributed by atoms with E-state index in [-0.39, 0.29) is 0 Å². The minimum atomic E-state index is 0.604. The largest absolute Gasteiger partial charge is 0.307 e. The van der Waals surface area contributed by atoms with Gasteiger partial charge in [0.05, 0.1) is 0 Å². The molecule has 2 aliphatic carbocycles. The molecule has 0 aromatic heterocycles. The molecule has 1 aromatic rings. The molecule has 2 fully saturated rings. The van der Waals surface area contributed by atoms with E-state index < -0.39 is 0 Å². The van der Waals surface area contributed by atoms with Crippen LogP contribution >= 0.6 is 11.8 Å². The Kier molecular flexibility index (Phi) is 4.27. The molecule has 0 saturated heterocycles. The lowest BCUT2D eigenvalue weighted by Gasteiger charge is -2.41. The Morgan fingerprint density at radius 2 is 1.76 bits per heavy atom. The summed E-state index contributed by atoms with van der Waals surface area (Å²) in [4.78, 5) is 1.51. The van der Waals surface area contributed by atoms with Crippen LogP contribution in [-0.4, -0.2) is 11.8 Å². The highest BCUT2D eigenvalue weighted by molar-refractivity contribution is 7.99. The van der Waals surface area contributed by atoms with Crippen LogP contribution in [0.2, 0.25) is 0 Å². The van der Waals surface area contributed by atoms with E-state index in [4.69, 9.17) is 0 Å². The SMILES string of the molecule is c1ccc2c(c1)SCCC2NC1CCC2CCCCC2C1. The van der Waals surface area contributed by atoms with Crippen LogP contribution < -0.4 is 5.32 Å². The van der Waals surface area contributed by atoms with Crippen LogP contribution in [0.3, 0.4) is 0 Å². The Labute approximate surface area is 133 Å². The summed E-state index contributed by atoms with van der Waals surface area (Å²) in [5, 5.41) is 4.03. The van der Waals surface area contributed by atoms with Crippen molar-refractivity contribution < 1.29 is 0 Å². The van der Waals surface area contributed by atoms with Crippen LogP contribution in [-0.2, 0) is 0 Å². The molecule has 21 heavy (non-hydrogen) atoms. The molecule has 2 heteroatoms. The van der Waals surface area contributed by atoms with Crippen molar-refractivity contribution in [1.82, 2.24) is 5.32 Å². The third kappa shape index (κ3) is 3.03. The Balaban J connectivity index is 1.43. The van der Waals surface area contributed by atoms with Gasteiger partial charge in [0.25, 0.3) is 0 Å². The lowest BCUT2D eigenvalue weighted by atomic mass is 9.69. The summed E-state index contributed by atoms with van der Waals surface area (Å²) in [6.45, 7) is 0. The predicted octanol–water partition coefficient (Wildman–Crippen LogP) is 5.17. The lowest BCUT2D eigenvalue weighted by molar-refractivity contribution is 0.138. The van der Waals surface area contributed by atoms with Gasteiger partial charge in [0.1, 0.15) is 0 Å². The fourth-order valence-corrected chi connectivity index (χ4v) is 5.95. The van der Waals surface area contributed by atoms with Gasteiger partial charge >= 0.3 is 0 Å². The van der Waals surface area contributed by atoms with Gasteiger partial charge in [-0.2, -0.15) is 0 Å². The zero-order valence-electron chi connectivity index (χ0n) is 12.9. The third-order valence-corrected chi connectivity index (χ3v) is 7.06. The van der Waals surface area contributed by atoms with E-state index in [2.05, 4.69) is 29.6 Å². The summed E-state index contributed by atoms with van der Waals surface area (Å²) in [5.74, 6) is 3.36. The van der Waals surface area contributed by atoms with E-state index in [1.54, 1.807) is 5.56 Å². The molecule has 4 rings (SSSR count). The van der Waals surface area contributed by atoms with E-state index in [9.17, 15) is 0 Å². The van der Waals surface area contributed by atoms with Crippen LogP contribution in [0.1, 0.15) is 63.0 Å². The summed E-state index contributed by atoms with van der Waals surface area (Å²) < 4.78 is 0. The first-order valence-electron chi connectivity index (χ1n) is 8.88. The maximum atomic E-state index is 4.03. The highest BCUT2D eigenvalue weighted by atomic mass is 32.2. The molecular weight excluding hydrogens is 274 g/mol. The highest BCUT2D eigenvalue weighted by Gasteiger charge is 2.33. The number of hydrogen-bond acceptors (Lipinski definition) is 2. The molecule has 3 aliphatic rings. The van der Waals surface area contributed by atoms with Crippen LogP contribution in [0.25, 0.3) is 0 Å². The third-order valence-electron chi connectivity index (χ3n) is 5.94.